The third-order valence-electron chi connectivity index (χ3n) is 4.78. The number of hydrogen-bond acceptors (Lipinski definition) is 4. The van der Waals surface area contributed by atoms with Crippen LogP contribution in [0.2, 0.25) is 0 Å². The Morgan fingerprint density at radius 2 is 1.93 bits per heavy atom. The van der Waals surface area contributed by atoms with Crippen LogP contribution >= 0.6 is 11.3 Å². The van der Waals surface area contributed by atoms with E-state index in [1.807, 2.05) is 6.92 Å². The molecule has 2 heterocycles. The molecule has 2 aromatic heterocycles. The number of halogens is 1. The van der Waals surface area contributed by atoms with Gasteiger partial charge in [-0.25, -0.2) is 9.18 Å². The second-order valence-electron chi connectivity index (χ2n) is 6.60. The fourth-order valence-electron chi connectivity index (χ4n) is 3.31. The molecule has 0 spiro atoms. The van der Waals surface area contributed by atoms with E-state index in [-0.39, 0.29) is 6.54 Å². The molecule has 0 bridgehead atoms. The van der Waals surface area contributed by atoms with Crippen molar-refractivity contribution in [2.45, 2.75) is 19.9 Å². The van der Waals surface area contributed by atoms with E-state index in [0.717, 1.165) is 11.3 Å². The molecule has 0 aliphatic heterocycles. The van der Waals surface area contributed by atoms with Gasteiger partial charge in [-0.3, -0.25) is 14.3 Å². The Morgan fingerprint density at radius 3 is 2.66 bits per heavy atom. The van der Waals surface area contributed by atoms with Crippen LogP contribution in [0.3, 0.4) is 0 Å². The van der Waals surface area contributed by atoms with Gasteiger partial charge >= 0.3 is 5.69 Å². The highest BCUT2D eigenvalue weighted by Gasteiger charge is 2.14. The monoisotopic (exact) mass is 405 g/mol. The molecule has 144 valence electrons. The summed E-state index contributed by atoms with van der Waals surface area (Å²) in [5.41, 5.74) is 0.895. The van der Waals surface area contributed by atoms with E-state index in [1.165, 1.54) is 22.0 Å². The zero-order valence-corrected chi connectivity index (χ0v) is 16.3. The van der Waals surface area contributed by atoms with Gasteiger partial charge in [0, 0.05) is 16.0 Å². The zero-order chi connectivity index (χ0) is 20.5. The van der Waals surface area contributed by atoms with Gasteiger partial charge < -0.3 is 0 Å². The number of nitriles is 1. The number of aromatic nitrogens is 2. The molecule has 4 aromatic rings. The number of benzene rings is 2. The predicted molar refractivity (Wildman–Crippen MR) is 112 cm³/mol. The van der Waals surface area contributed by atoms with Gasteiger partial charge in [0.1, 0.15) is 10.6 Å². The summed E-state index contributed by atoms with van der Waals surface area (Å²) in [6.07, 6.45) is 0.759. The van der Waals surface area contributed by atoms with Crippen molar-refractivity contribution >= 4 is 21.6 Å². The van der Waals surface area contributed by atoms with E-state index in [1.54, 1.807) is 42.5 Å². The van der Waals surface area contributed by atoms with Crippen LogP contribution in [0.25, 0.3) is 21.3 Å². The van der Waals surface area contributed by atoms with Gasteiger partial charge in [-0.1, -0.05) is 37.3 Å². The largest absolute Gasteiger partial charge is 0.329 e. The van der Waals surface area contributed by atoms with Crippen molar-refractivity contribution in [2.24, 2.45) is 0 Å². The van der Waals surface area contributed by atoms with Crippen LogP contribution < -0.4 is 11.2 Å². The van der Waals surface area contributed by atoms with E-state index >= 15 is 0 Å². The summed E-state index contributed by atoms with van der Waals surface area (Å²) in [5, 5.41) is 9.72. The van der Waals surface area contributed by atoms with Crippen LogP contribution in [0, 0.1) is 17.1 Å². The second-order valence-corrected chi connectivity index (χ2v) is 7.72. The number of H-pyrrole nitrogens is 1. The highest BCUT2D eigenvalue weighted by atomic mass is 32.1. The number of thiophene rings is 1. The average Bonchev–Trinajstić information content (AvgIpc) is 3.16. The number of nitrogens with zero attached hydrogens (tertiary/aromatic N) is 2. The smallest absolute Gasteiger partial charge is 0.280 e. The van der Waals surface area contributed by atoms with Crippen LogP contribution in [0.5, 0.6) is 0 Å². The first kappa shape index (κ1) is 18.8. The fraction of sp³-hybridized carbons (Fsp3) is 0.136. The molecule has 0 saturated carbocycles. The summed E-state index contributed by atoms with van der Waals surface area (Å²) in [6.45, 7) is 2.11. The van der Waals surface area contributed by atoms with E-state index in [4.69, 9.17) is 0 Å². The number of aryl methyl sites for hydroxylation is 1. The molecule has 0 amide bonds. The van der Waals surface area contributed by atoms with Crippen molar-refractivity contribution < 1.29 is 4.39 Å². The Bertz CT molecular complexity index is 1390. The van der Waals surface area contributed by atoms with Gasteiger partial charge in [0.25, 0.3) is 5.56 Å². The molecule has 0 fully saturated rings. The van der Waals surface area contributed by atoms with E-state index < -0.39 is 17.1 Å². The lowest BCUT2D eigenvalue weighted by molar-refractivity contribution is 0.626. The Kier molecular flexibility index (Phi) is 4.87. The highest BCUT2D eigenvalue weighted by Crippen LogP contribution is 2.28. The minimum absolute atomic E-state index is 0.132. The number of fused-ring (bicyclic) bond motifs is 1. The van der Waals surface area contributed by atoms with Crippen molar-refractivity contribution in [1.82, 2.24) is 9.55 Å². The van der Waals surface area contributed by atoms with E-state index in [9.17, 15) is 19.2 Å². The number of hydrogen-bond donors (Lipinski definition) is 1. The van der Waals surface area contributed by atoms with Gasteiger partial charge in [0.2, 0.25) is 0 Å². The SMILES string of the molecule is CCc1cc2c(=O)[nH]c(=O)n(Cc3ccc(-c4ccccc4C#N)c(F)c3)c2s1. The summed E-state index contributed by atoms with van der Waals surface area (Å²) >= 11 is 1.39. The second kappa shape index (κ2) is 7.49. The zero-order valence-electron chi connectivity index (χ0n) is 15.5. The molecule has 29 heavy (non-hydrogen) atoms. The van der Waals surface area contributed by atoms with E-state index in [2.05, 4.69) is 11.1 Å². The van der Waals surface area contributed by atoms with Gasteiger partial charge in [-0.15, -0.1) is 11.3 Å². The molecular weight excluding hydrogens is 389 g/mol. The maximum absolute atomic E-state index is 14.8. The summed E-state index contributed by atoms with van der Waals surface area (Å²) < 4.78 is 16.3. The van der Waals surface area contributed by atoms with Gasteiger partial charge in [0.05, 0.1) is 23.6 Å². The normalized spacial score (nSPS) is 10.9. The fourth-order valence-corrected chi connectivity index (χ4v) is 4.40. The van der Waals surface area contributed by atoms with Crippen LogP contribution in [0.1, 0.15) is 22.9 Å². The molecule has 0 aliphatic carbocycles. The maximum Gasteiger partial charge on any atom is 0.329 e. The Hall–Kier alpha value is -3.50. The van der Waals surface area contributed by atoms with Gasteiger partial charge in [-0.2, -0.15) is 5.26 Å². The Balaban J connectivity index is 1.78. The van der Waals surface area contributed by atoms with Crippen LogP contribution in [-0.4, -0.2) is 9.55 Å². The highest BCUT2D eigenvalue weighted by molar-refractivity contribution is 7.18. The van der Waals surface area contributed by atoms with Crippen molar-refractivity contribution in [3.05, 3.63) is 91.2 Å². The molecule has 7 heteroatoms. The molecule has 2 aromatic carbocycles. The average molecular weight is 405 g/mol. The third kappa shape index (κ3) is 3.39. The first-order chi connectivity index (χ1) is 14.0. The third-order valence-corrected chi connectivity index (χ3v) is 6.08. The number of nitrogens with one attached hydrogen (secondary N) is 1. The molecule has 0 unspecified atom stereocenters. The lowest BCUT2D eigenvalue weighted by Crippen LogP contribution is -2.29. The summed E-state index contributed by atoms with van der Waals surface area (Å²) in [6, 6.07) is 15.4. The van der Waals surface area contributed by atoms with Crippen molar-refractivity contribution in [1.29, 1.82) is 5.26 Å². The first-order valence-electron chi connectivity index (χ1n) is 9.05. The van der Waals surface area contributed by atoms with Crippen LogP contribution in [-0.2, 0) is 13.0 Å². The minimum Gasteiger partial charge on any atom is -0.280 e. The summed E-state index contributed by atoms with van der Waals surface area (Å²) in [4.78, 5) is 28.4. The van der Waals surface area contributed by atoms with Crippen LogP contribution in [0.15, 0.2) is 58.1 Å². The molecule has 0 radical (unpaired) electrons. The number of rotatable bonds is 4. The van der Waals surface area contributed by atoms with Gasteiger partial charge in [0.15, 0.2) is 0 Å². The number of aromatic amines is 1. The topological polar surface area (TPSA) is 78.7 Å². The predicted octanol–water partition coefficient (Wildman–Crippen LogP) is 4.04. The Morgan fingerprint density at radius 1 is 1.14 bits per heavy atom. The van der Waals surface area contributed by atoms with Crippen molar-refractivity contribution in [3.8, 4) is 17.2 Å². The lowest BCUT2D eigenvalue weighted by Gasteiger charge is -2.10. The minimum atomic E-state index is -0.522. The molecule has 1 N–H and O–H groups in total. The quantitative estimate of drug-likeness (QED) is 0.557. The Labute approximate surface area is 169 Å². The van der Waals surface area contributed by atoms with Crippen molar-refractivity contribution in [2.75, 3.05) is 0 Å². The van der Waals surface area contributed by atoms with Gasteiger partial charge in [-0.05, 0) is 30.2 Å². The molecular formula is C22H16FN3O2S. The molecule has 0 atom stereocenters. The standard InChI is InChI=1S/C22H16FN3O2S/c1-2-15-10-18-20(27)25-22(28)26(21(18)29-15)12-13-7-8-17(19(23)9-13)16-6-4-3-5-14(16)11-24/h3-10H,2,12H2,1H3,(H,25,27,28). The summed E-state index contributed by atoms with van der Waals surface area (Å²) in [7, 11) is 0. The van der Waals surface area contributed by atoms with Crippen LogP contribution in [0.4, 0.5) is 4.39 Å². The molecule has 5 nitrogen and oxygen atoms in total. The maximum atomic E-state index is 14.8. The first-order valence-corrected chi connectivity index (χ1v) is 9.87. The lowest BCUT2D eigenvalue weighted by atomic mass is 9.98. The molecule has 0 aliphatic rings. The van der Waals surface area contributed by atoms with E-state index in [0.29, 0.717) is 32.5 Å². The molecule has 0 saturated heterocycles. The summed E-state index contributed by atoms with van der Waals surface area (Å²) in [5.74, 6) is -0.473. The van der Waals surface area contributed by atoms with Crippen molar-refractivity contribution in [3.63, 3.8) is 0 Å². The molecule has 4 rings (SSSR count).